The molecule has 0 fully saturated rings. The molecule has 9 nitrogen and oxygen atoms in total. The highest BCUT2D eigenvalue weighted by molar-refractivity contribution is 6.35. The summed E-state index contributed by atoms with van der Waals surface area (Å²) in [6.45, 7) is 3.76. The fourth-order valence-electron chi connectivity index (χ4n) is 4.36. The Morgan fingerprint density at radius 1 is 0.512 bits per heavy atom. The normalized spacial score (nSPS) is 10.8. The molecule has 4 aromatic carbocycles. The van der Waals surface area contributed by atoms with Crippen molar-refractivity contribution >= 4 is 31.8 Å². The zero-order valence-electron chi connectivity index (χ0n) is 22.5. The van der Waals surface area contributed by atoms with Gasteiger partial charge in [-0.1, -0.05) is 84.9 Å². The Labute approximate surface area is 251 Å². The average Bonchev–Trinajstić information content (AvgIpc) is 3.60. The van der Waals surface area contributed by atoms with Crippen LogP contribution in [0.5, 0.6) is 11.5 Å². The smallest absolute Gasteiger partial charge is 0.626 e. The molecule has 198 valence electrons. The molecule has 2 radical (unpaired) electrons. The lowest BCUT2D eigenvalue weighted by Gasteiger charge is -2.15. The van der Waals surface area contributed by atoms with E-state index in [1.54, 1.807) is 0 Å². The first kappa shape index (κ1) is 27.0. The van der Waals surface area contributed by atoms with E-state index >= 15 is 0 Å². The van der Waals surface area contributed by atoms with Crippen LogP contribution < -0.4 is 7.58 Å². The van der Waals surface area contributed by atoms with Crippen molar-refractivity contribution in [2.24, 2.45) is 0 Å². The van der Waals surface area contributed by atoms with E-state index in [4.69, 9.17) is 10.4 Å². The van der Waals surface area contributed by atoms with E-state index < -0.39 is 31.8 Å². The van der Waals surface area contributed by atoms with Crippen LogP contribution in [0.15, 0.2) is 109 Å². The number of para-hydroxylation sites is 4. The zero-order chi connectivity index (χ0) is 28.0. The number of hydrogen-bond donors (Lipinski definition) is 0. The van der Waals surface area contributed by atoms with Crippen molar-refractivity contribution in [1.29, 1.82) is 0 Å². The fourth-order valence-corrected chi connectivity index (χ4v) is 5.59. The molecule has 6 rings (SSSR count). The molecule has 0 amide bonds. The maximum absolute atomic E-state index is 6.11. The van der Waals surface area contributed by atoms with Crippen LogP contribution >= 0.6 is 0 Å². The molecule has 0 aliphatic rings. The Morgan fingerprint density at radius 2 is 0.902 bits per heavy atom. The van der Waals surface area contributed by atoms with Crippen molar-refractivity contribution in [2.45, 2.75) is 13.8 Å². The first-order valence-electron chi connectivity index (χ1n) is 13.0. The molecule has 6 aromatic rings. The Bertz CT molecular complexity index is 1630. The molecule has 2 aromatic heterocycles. The standard InChI is InChI=1S/2C15H13N3O.2Al.O/c2*1-11-16-15(12-7-3-2-4-8-12)18(17-11)13-9-5-6-10-14(13)19;;;/h2*2-10,19H,1H3;;;/q;;2*+1;/p-2. The highest BCUT2D eigenvalue weighted by Crippen LogP contribution is 2.29. The monoisotopic (exact) mass is 570 g/mol. The van der Waals surface area contributed by atoms with Crippen LogP contribution in [0.25, 0.3) is 34.2 Å². The number of rotatable bonds is 10. The minimum atomic E-state index is -0.836. The molecule has 0 aliphatic heterocycles. The summed E-state index contributed by atoms with van der Waals surface area (Å²) >= 11 is -1.67. The summed E-state index contributed by atoms with van der Waals surface area (Å²) in [6.07, 6.45) is 0. The lowest BCUT2D eigenvalue weighted by Crippen LogP contribution is -2.17. The lowest BCUT2D eigenvalue weighted by atomic mass is 10.2. The van der Waals surface area contributed by atoms with Gasteiger partial charge in [-0.3, -0.25) is 0 Å². The van der Waals surface area contributed by atoms with E-state index in [9.17, 15) is 0 Å². The Kier molecular flexibility index (Phi) is 8.25. The molecule has 0 atom stereocenters. The first-order chi connectivity index (χ1) is 20.2. The van der Waals surface area contributed by atoms with Crippen molar-refractivity contribution in [3.63, 3.8) is 0 Å². The number of aromatic nitrogens is 6. The summed E-state index contributed by atoms with van der Waals surface area (Å²) < 4.78 is 21.7. The molecule has 0 N–H and O–H groups in total. The third-order valence-electron chi connectivity index (χ3n) is 6.14. The highest BCUT2D eigenvalue weighted by atomic mass is 27.3. The largest absolute Gasteiger partial charge is 0.743 e. The average molecular weight is 571 g/mol. The second kappa shape index (κ2) is 12.5. The first-order valence-corrected chi connectivity index (χ1v) is 14.8. The summed E-state index contributed by atoms with van der Waals surface area (Å²) in [4.78, 5) is 9.29. The highest BCUT2D eigenvalue weighted by Gasteiger charge is 2.18. The molecule has 11 heteroatoms. The number of hydrogen-bond acceptors (Lipinski definition) is 7. The summed E-state index contributed by atoms with van der Waals surface area (Å²) in [6, 6.07) is 35.4. The molecular weight excluding hydrogens is 546 g/mol. The predicted molar refractivity (Wildman–Crippen MR) is 157 cm³/mol. The molecule has 0 bridgehead atoms. The summed E-state index contributed by atoms with van der Waals surface area (Å²) in [7, 11) is 0. The molecular formula is C30H24Al2N6O3. The van der Waals surface area contributed by atoms with Crippen LogP contribution in [0.2, 0.25) is 0 Å². The van der Waals surface area contributed by atoms with Crippen molar-refractivity contribution in [3.8, 4) is 45.6 Å². The summed E-state index contributed by atoms with van der Waals surface area (Å²) in [5, 5.41) is 9.26. The van der Waals surface area contributed by atoms with Gasteiger partial charge in [-0.15, -0.1) is 0 Å². The summed E-state index contributed by atoms with van der Waals surface area (Å²) in [5.74, 6) is 4.18. The quantitative estimate of drug-likeness (QED) is 0.162. The predicted octanol–water partition coefficient (Wildman–Crippen LogP) is 5.34. The van der Waals surface area contributed by atoms with Gasteiger partial charge in [-0.25, -0.2) is 19.3 Å². The van der Waals surface area contributed by atoms with Gasteiger partial charge in [0.15, 0.2) is 11.6 Å². The maximum Gasteiger partial charge on any atom is 0.743 e. The van der Waals surface area contributed by atoms with E-state index in [0.717, 1.165) is 34.2 Å². The number of benzene rings is 4. The van der Waals surface area contributed by atoms with Gasteiger partial charge in [0.05, 0.1) is 0 Å². The Balaban J connectivity index is 1.14. The van der Waals surface area contributed by atoms with Gasteiger partial charge in [0, 0.05) is 11.1 Å². The minimum Gasteiger partial charge on any atom is -0.626 e. The van der Waals surface area contributed by atoms with E-state index in [2.05, 4.69) is 20.2 Å². The van der Waals surface area contributed by atoms with Crippen molar-refractivity contribution in [3.05, 3.63) is 121 Å². The molecule has 2 heterocycles. The van der Waals surface area contributed by atoms with Crippen molar-refractivity contribution < 1.29 is 10.4 Å². The van der Waals surface area contributed by atoms with Crippen LogP contribution in [-0.4, -0.2) is 61.3 Å². The molecule has 41 heavy (non-hydrogen) atoms. The molecule has 0 unspecified atom stereocenters. The third-order valence-corrected chi connectivity index (χ3v) is 7.73. The molecule has 0 saturated carbocycles. The van der Waals surface area contributed by atoms with Gasteiger partial charge < -0.3 is 10.4 Å². The topological polar surface area (TPSA) is 89.1 Å². The van der Waals surface area contributed by atoms with Crippen LogP contribution in [0, 0.1) is 13.8 Å². The zero-order valence-corrected chi connectivity index (χ0v) is 24.8. The second-order valence-electron chi connectivity index (χ2n) is 9.02. The van der Waals surface area contributed by atoms with Gasteiger partial charge >= 0.3 is 31.8 Å². The van der Waals surface area contributed by atoms with Gasteiger partial charge in [-0.2, -0.15) is 10.2 Å². The fraction of sp³-hybridized carbons (Fsp3) is 0.0667. The minimum absolute atomic E-state index is 0.662. The Hall–Kier alpha value is -4.22. The maximum atomic E-state index is 6.11. The van der Waals surface area contributed by atoms with Crippen LogP contribution in [0.4, 0.5) is 0 Å². The van der Waals surface area contributed by atoms with Crippen LogP contribution in [-0.2, 0) is 2.84 Å². The molecule has 0 aliphatic carbocycles. The van der Waals surface area contributed by atoms with Crippen LogP contribution in [0.1, 0.15) is 11.6 Å². The van der Waals surface area contributed by atoms with E-state index in [-0.39, 0.29) is 0 Å². The third kappa shape index (κ3) is 6.11. The van der Waals surface area contributed by atoms with Gasteiger partial charge in [0.2, 0.25) is 0 Å². The lowest BCUT2D eigenvalue weighted by molar-refractivity contribution is 0.415. The van der Waals surface area contributed by atoms with Crippen LogP contribution in [0.3, 0.4) is 0 Å². The number of aryl methyl sites for hydroxylation is 2. The SMILES string of the molecule is Cc1nc(-c2ccccc2)n(-c2ccccc2[O][Al][O][Al][O]c2ccccc2-n2nc(C)nc2-c2ccccc2)n1. The van der Waals surface area contributed by atoms with Gasteiger partial charge in [-0.05, 0) is 38.1 Å². The summed E-state index contributed by atoms with van der Waals surface area (Å²) in [5.41, 5.74) is 3.53. The van der Waals surface area contributed by atoms with E-state index in [1.807, 2.05) is 132 Å². The molecule has 0 spiro atoms. The van der Waals surface area contributed by atoms with Gasteiger partial charge in [0.1, 0.15) is 34.5 Å². The van der Waals surface area contributed by atoms with E-state index in [0.29, 0.717) is 23.1 Å². The van der Waals surface area contributed by atoms with Crippen molar-refractivity contribution in [1.82, 2.24) is 29.5 Å². The second-order valence-corrected chi connectivity index (χ2v) is 11.0. The Morgan fingerprint density at radius 3 is 1.34 bits per heavy atom. The van der Waals surface area contributed by atoms with E-state index in [1.165, 1.54) is 0 Å². The molecule has 0 saturated heterocycles. The van der Waals surface area contributed by atoms with Crippen molar-refractivity contribution in [2.75, 3.05) is 0 Å². The number of nitrogens with zero attached hydrogens (tertiary/aromatic N) is 6. The van der Waals surface area contributed by atoms with Gasteiger partial charge in [0.25, 0.3) is 0 Å².